The van der Waals surface area contributed by atoms with E-state index in [0.717, 1.165) is 5.69 Å². The molecule has 5 nitrogen and oxygen atoms in total. The van der Waals surface area contributed by atoms with Gasteiger partial charge in [0.25, 0.3) is 0 Å². The maximum absolute atomic E-state index is 12.0. The molecular formula is C14H20N4O. The van der Waals surface area contributed by atoms with Crippen molar-refractivity contribution in [2.24, 2.45) is 0 Å². The molecule has 0 radical (unpaired) electrons. The summed E-state index contributed by atoms with van der Waals surface area (Å²) in [5.41, 5.74) is 7.69. The molecule has 2 N–H and O–H groups in total. The Morgan fingerprint density at radius 1 is 1.37 bits per heavy atom. The lowest BCUT2D eigenvalue weighted by Crippen LogP contribution is -2.39. The fraction of sp³-hybridized carbons (Fsp3) is 0.429. The number of likely N-dealkylation sites (N-methyl/N-ethyl adjacent to an activating group) is 2. The number of nitrogens with two attached hydrogens (primary N) is 1. The van der Waals surface area contributed by atoms with E-state index in [4.69, 9.17) is 11.0 Å². The van der Waals surface area contributed by atoms with Crippen LogP contribution in [-0.4, -0.2) is 37.5 Å². The van der Waals surface area contributed by atoms with Crippen molar-refractivity contribution in [2.75, 3.05) is 37.3 Å². The lowest BCUT2D eigenvalue weighted by molar-refractivity contribution is -0.129. The number of rotatable bonds is 5. The average molecular weight is 260 g/mol. The zero-order valence-corrected chi connectivity index (χ0v) is 11.7. The summed E-state index contributed by atoms with van der Waals surface area (Å²) in [7, 11) is 1.82. The van der Waals surface area contributed by atoms with E-state index >= 15 is 0 Å². The van der Waals surface area contributed by atoms with Gasteiger partial charge in [0.1, 0.15) is 0 Å². The Balaban J connectivity index is 2.81. The third kappa shape index (κ3) is 3.62. The molecule has 0 bridgehead atoms. The van der Waals surface area contributed by atoms with Gasteiger partial charge in [0.2, 0.25) is 5.91 Å². The number of anilines is 2. The van der Waals surface area contributed by atoms with Crippen molar-refractivity contribution >= 4 is 17.3 Å². The fourth-order valence-electron chi connectivity index (χ4n) is 1.94. The summed E-state index contributed by atoms with van der Waals surface area (Å²) in [4.78, 5) is 15.6. The molecule has 1 rings (SSSR count). The van der Waals surface area contributed by atoms with Gasteiger partial charge in [-0.15, -0.1) is 0 Å². The summed E-state index contributed by atoms with van der Waals surface area (Å²) in [6, 6.07) is 7.12. The molecule has 0 aliphatic rings. The Kier molecular flexibility index (Phi) is 5.19. The number of nitriles is 1. The number of benzene rings is 1. The molecule has 1 aromatic carbocycles. The van der Waals surface area contributed by atoms with Crippen LogP contribution < -0.4 is 10.6 Å². The number of nitrogens with zero attached hydrogens (tertiary/aromatic N) is 3. The van der Waals surface area contributed by atoms with Crippen LogP contribution in [0, 0.1) is 11.3 Å². The second kappa shape index (κ2) is 6.64. The highest BCUT2D eigenvalue weighted by molar-refractivity contribution is 5.83. The lowest BCUT2D eigenvalue weighted by Gasteiger charge is -2.25. The van der Waals surface area contributed by atoms with Gasteiger partial charge in [-0.2, -0.15) is 5.26 Å². The summed E-state index contributed by atoms with van der Waals surface area (Å²) in [6.45, 7) is 5.59. The zero-order valence-electron chi connectivity index (χ0n) is 11.7. The molecule has 1 aromatic rings. The normalized spacial score (nSPS) is 9.79. The van der Waals surface area contributed by atoms with Crippen molar-refractivity contribution in [2.45, 2.75) is 13.8 Å². The molecule has 0 fully saturated rings. The molecule has 0 heterocycles. The molecule has 1 amide bonds. The third-order valence-electron chi connectivity index (χ3n) is 3.06. The number of nitrogen functional groups attached to an aromatic ring is 1. The van der Waals surface area contributed by atoms with Gasteiger partial charge >= 0.3 is 0 Å². The largest absolute Gasteiger partial charge is 0.397 e. The van der Waals surface area contributed by atoms with E-state index in [2.05, 4.69) is 0 Å². The highest BCUT2D eigenvalue weighted by atomic mass is 16.2. The first-order chi connectivity index (χ1) is 9.03. The summed E-state index contributed by atoms with van der Waals surface area (Å²) in [5, 5.41) is 8.79. The van der Waals surface area contributed by atoms with E-state index in [0.29, 0.717) is 24.3 Å². The number of amides is 1. The maximum Gasteiger partial charge on any atom is 0.242 e. The topological polar surface area (TPSA) is 73.4 Å². The Labute approximate surface area is 114 Å². The summed E-state index contributed by atoms with van der Waals surface area (Å²) in [5.74, 6) is 0.0660. The highest BCUT2D eigenvalue weighted by Crippen LogP contribution is 2.23. The van der Waals surface area contributed by atoms with Crippen molar-refractivity contribution < 1.29 is 4.79 Å². The van der Waals surface area contributed by atoms with Gasteiger partial charge in [0.15, 0.2) is 0 Å². The highest BCUT2D eigenvalue weighted by Gasteiger charge is 2.14. The van der Waals surface area contributed by atoms with E-state index in [1.165, 1.54) is 0 Å². The van der Waals surface area contributed by atoms with E-state index in [9.17, 15) is 4.79 Å². The van der Waals surface area contributed by atoms with Crippen LogP contribution in [0.5, 0.6) is 0 Å². The molecule has 0 spiro atoms. The standard InChI is InChI=1S/C14H20N4O/c1-4-18(5-2)14(19)10-17(3)13-7-6-11(9-15)8-12(13)16/h6-8H,4-5,10,16H2,1-3H3. The van der Waals surface area contributed by atoms with E-state index in [1.807, 2.05) is 27.0 Å². The second-order valence-electron chi connectivity index (χ2n) is 4.31. The molecule has 0 aliphatic carbocycles. The Bertz CT molecular complexity index is 489. The minimum Gasteiger partial charge on any atom is -0.397 e. The lowest BCUT2D eigenvalue weighted by atomic mass is 10.2. The molecule has 0 unspecified atom stereocenters. The van der Waals surface area contributed by atoms with Gasteiger partial charge in [-0.3, -0.25) is 4.79 Å². The van der Waals surface area contributed by atoms with Crippen LogP contribution in [0.25, 0.3) is 0 Å². The molecule has 102 valence electrons. The van der Waals surface area contributed by atoms with Crippen molar-refractivity contribution in [3.8, 4) is 6.07 Å². The fourth-order valence-corrected chi connectivity index (χ4v) is 1.94. The SMILES string of the molecule is CCN(CC)C(=O)CN(C)c1ccc(C#N)cc1N. The Hall–Kier alpha value is -2.22. The van der Waals surface area contributed by atoms with Crippen LogP contribution in [0.4, 0.5) is 11.4 Å². The van der Waals surface area contributed by atoms with Gasteiger partial charge in [-0.05, 0) is 32.0 Å². The van der Waals surface area contributed by atoms with Crippen LogP contribution in [0.3, 0.4) is 0 Å². The minimum atomic E-state index is 0.0660. The van der Waals surface area contributed by atoms with Gasteiger partial charge in [0.05, 0.1) is 29.6 Å². The number of hydrogen-bond donors (Lipinski definition) is 1. The average Bonchev–Trinajstić information content (AvgIpc) is 2.39. The molecular weight excluding hydrogens is 240 g/mol. The van der Waals surface area contributed by atoms with Crippen molar-refractivity contribution in [3.63, 3.8) is 0 Å². The molecule has 0 aromatic heterocycles. The molecule has 0 saturated heterocycles. The Morgan fingerprint density at radius 2 is 2.00 bits per heavy atom. The van der Waals surface area contributed by atoms with Gasteiger partial charge in [-0.1, -0.05) is 0 Å². The van der Waals surface area contributed by atoms with E-state index in [-0.39, 0.29) is 12.5 Å². The van der Waals surface area contributed by atoms with Gasteiger partial charge in [0, 0.05) is 20.1 Å². The predicted molar refractivity (Wildman–Crippen MR) is 76.8 cm³/mol. The van der Waals surface area contributed by atoms with Crippen molar-refractivity contribution in [3.05, 3.63) is 23.8 Å². The smallest absolute Gasteiger partial charge is 0.242 e. The predicted octanol–water partition coefficient (Wildman–Crippen LogP) is 1.45. The summed E-state index contributed by atoms with van der Waals surface area (Å²) >= 11 is 0. The van der Waals surface area contributed by atoms with Crippen molar-refractivity contribution in [1.82, 2.24) is 4.90 Å². The van der Waals surface area contributed by atoms with Crippen LogP contribution >= 0.6 is 0 Å². The van der Waals surface area contributed by atoms with Crippen LogP contribution in [0.1, 0.15) is 19.4 Å². The first-order valence-corrected chi connectivity index (χ1v) is 6.32. The Morgan fingerprint density at radius 3 is 2.47 bits per heavy atom. The van der Waals surface area contributed by atoms with Gasteiger partial charge < -0.3 is 15.5 Å². The molecule has 0 aliphatic heterocycles. The van der Waals surface area contributed by atoms with Crippen molar-refractivity contribution in [1.29, 1.82) is 5.26 Å². The molecule has 0 atom stereocenters. The monoisotopic (exact) mass is 260 g/mol. The number of carbonyl (C=O) groups is 1. The zero-order chi connectivity index (χ0) is 14.4. The molecule has 0 saturated carbocycles. The summed E-state index contributed by atoms with van der Waals surface area (Å²) in [6.07, 6.45) is 0. The summed E-state index contributed by atoms with van der Waals surface area (Å²) < 4.78 is 0. The number of carbonyl (C=O) groups excluding carboxylic acids is 1. The van der Waals surface area contributed by atoms with Crippen LogP contribution in [-0.2, 0) is 4.79 Å². The quantitative estimate of drug-likeness (QED) is 0.813. The van der Waals surface area contributed by atoms with Crippen LogP contribution in [0.15, 0.2) is 18.2 Å². The maximum atomic E-state index is 12.0. The minimum absolute atomic E-state index is 0.0660. The molecule has 19 heavy (non-hydrogen) atoms. The first kappa shape index (κ1) is 14.8. The van der Waals surface area contributed by atoms with Gasteiger partial charge in [-0.25, -0.2) is 0 Å². The first-order valence-electron chi connectivity index (χ1n) is 6.32. The molecule has 5 heteroatoms. The second-order valence-corrected chi connectivity index (χ2v) is 4.31. The van der Waals surface area contributed by atoms with Crippen LogP contribution in [0.2, 0.25) is 0 Å². The van der Waals surface area contributed by atoms with E-state index < -0.39 is 0 Å². The van der Waals surface area contributed by atoms with E-state index in [1.54, 1.807) is 28.0 Å². The number of hydrogen-bond acceptors (Lipinski definition) is 4. The third-order valence-corrected chi connectivity index (χ3v) is 3.06.